The van der Waals surface area contributed by atoms with Crippen molar-refractivity contribution in [2.45, 2.75) is 115 Å². The molecule has 326 valence electrons. The van der Waals surface area contributed by atoms with E-state index in [0.29, 0.717) is 24.9 Å². The number of carbonyl (C=O) groups excluding carboxylic acids is 4. The van der Waals surface area contributed by atoms with E-state index in [9.17, 15) is 19.5 Å². The molecule has 1 heterocycles. The third kappa shape index (κ3) is 9.32. The molecule has 1 saturated heterocycles. The molecule has 5 rings (SSSR count). The van der Waals surface area contributed by atoms with Crippen LogP contribution in [0.15, 0.2) is 78.9 Å². The van der Waals surface area contributed by atoms with Gasteiger partial charge >= 0.3 is 6.09 Å². The van der Waals surface area contributed by atoms with E-state index in [-0.39, 0.29) is 48.6 Å². The second-order valence-electron chi connectivity index (χ2n) is 16.9. The van der Waals surface area contributed by atoms with Gasteiger partial charge in [-0.1, -0.05) is 113 Å². The number of aldehydes is 1. The Balaban J connectivity index is 1.42. The van der Waals surface area contributed by atoms with Crippen molar-refractivity contribution in [1.29, 1.82) is 0 Å². The van der Waals surface area contributed by atoms with Crippen molar-refractivity contribution in [2.24, 2.45) is 17.8 Å². The minimum atomic E-state index is -1.21. The first kappa shape index (κ1) is 46.4. The quantitative estimate of drug-likeness (QED) is 0.106. The highest BCUT2D eigenvalue weighted by atomic mass is 16.5. The van der Waals surface area contributed by atoms with Crippen LogP contribution in [0.25, 0.3) is 11.1 Å². The summed E-state index contributed by atoms with van der Waals surface area (Å²) in [6.45, 7) is 12.0. The predicted octanol–water partition coefficient (Wildman–Crippen LogP) is 6.71. The second-order valence-corrected chi connectivity index (χ2v) is 16.9. The van der Waals surface area contributed by atoms with Gasteiger partial charge in [-0.05, 0) is 65.8 Å². The number of aliphatic hydroxyl groups is 1. The number of methoxy groups -OCH3 is 2. The molecule has 0 aromatic heterocycles. The lowest BCUT2D eigenvalue weighted by atomic mass is 9.80. The number of ether oxygens (including phenoxy) is 3. The molecule has 0 unspecified atom stereocenters. The zero-order valence-corrected chi connectivity index (χ0v) is 36.8. The molecule has 0 radical (unpaired) electrons. The van der Waals surface area contributed by atoms with Gasteiger partial charge in [0.05, 0.1) is 24.2 Å². The summed E-state index contributed by atoms with van der Waals surface area (Å²) >= 11 is 0. The molecule has 1 aliphatic carbocycles. The summed E-state index contributed by atoms with van der Waals surface area (Å²) in [5.74, 6) is -2.03. The first-order valence-electron chi connectivity index (χ1n) is 21.5. The Morgan fingerprint density at radius 2 is 1.50 bits per heavy atom. The van der Waals surface area contributed by atoms with E-state index < -0.39 is 48.1 Å². The summed E-state index contributed by atoms with van der Waals surface area (Å²) in [6, 6.07) is 23.5. The zero-order valence-electron chi connectivity index (χ0n) is 36.8. The van der Waals surface area contributed by atoms with Gasteiger partial charge in [0.25, 0.3) is 0 Å². The fraction of sp³-hybridized carbons (Fsp3) is 0.542. The summed E-state index contributed by atoms with van der Waals surface area (Å²) in [5.41, 5.74) is 3.90. The maximum absolute atomic E-state index is 15.1. The largest absolute Gasteiger partial charge is 0.449 e. The van der Waals surface area contributed by atoms with Crippen LogP contribution >= 0.6 is 0 Å². The van der Waals surface area contributed by atoms with Crippen molar-refractivity contribution in [3.63, 3.8) is 0 Å². The van der Waals surface area contributed by atoms with Gasteiger partial charge in [-0.2, -0.15) is 0 Å². The highest BCUT2D eigenvalue weighted by Gasteiger charge is 2.58. The molecule has 1 fully saturated rings. The Kier molecular flexibility index (Phi) is 16.1. The van der Waals surface area contributed by atoms with Crippen molar-refractivity contribution < 1.29 is 38.5 Å². The summed E-state index contributed by atoms with van der Waals surface area (Å²) in [4.78, 5) is 59.1. The zero-order chi connectivity index (χ0) is 43.7. The number of benzene rings is 3. The first-order chi connectivity index (χ1) is 28.8. The lowest BCUT2D eigenvalue weighted by molar-refractivity contribution is -0.198. The number of hydrogen-bond donors (Lipinski definition) is 3. The van der Waals surface area contributed by atoms with Gasteiger partial charge in [-0.3, -0.25) is 14.5 Å². The summed E-state index contributed by atoms with van der Waals surface area (Å²) in [7, 11) is 4.85. The van der Waals surface area contributed by atoms with E-state index in [1.807, 2.05) is 89.2 Å². The number of nitrogens with zero attached hydrogens (tertiary/aromatic N) is 2. The number of carbonyl (C=O) groups is 4. The van der Waals surface area contributed by atoms with Crippen LogP contribution in [0.4, 0.5) is 4.79 Å². The van der Waals surface area contributed by atoms with Gasteiger partial charge in [0, 0.05) is 46.2 Å². The number of likely N-dealkylation sites (tertiary alicyclic amines) is 1. The number of aliphatic hydroxyl groups excluding tert-OH is 1. The van der Waals surface area contributed by atoms with Crippen molar-refractivity contribution in [2.75, 3.05) is 34.4 Å². The molecule has 0 spiro atoms. The molecule has 3 aromatic rings. The molecular weight excluding hydrogens is 761 g/mol. The van der Waals surface area contributed by atoms with E-state index >= 15 is 4.79 Å². The average Bonchev–Trinajstić information content (AvgIpc) is 3.87. The van der Waals surface area contributed by atoms with Gasteiger partial charge in [0.2, 0.25) is 11.8 Å². The van der Waals surface area contributed by atoms with Crippen LogP contribution in [0.2, 0.25) is 0 Å². The number of alkyl carbamates (subject to hydrolysis) is 1. The predicted molar refractivity (Wildman–Crippen MR) is 232 cm³/mol. The molecule has 2 aliphatic rings. The summed E-state index contributed by atoms with van der Waals surface area (Å²) < 4.78 is 18.3. The Bertz CT molecular complexity index is 1860. The van der Waals surface area contributed by atoms with Crippen LogP contribution in [0, 0.1) is 17.8 Å². The van der Waals surface area contributed by atoms with Crippen molar-refractivity contribution in [3.8, 4) is 11.1 Å². The number of amides is 3. The summed E-state index contributed by atoms with van der Waals surface area (Å²) in [6.07, 6.45) is -0.193. The third-order valence-corrected chi connectivity index (χ3v) is 13.1. The lowest BCUT2D eigenvalue weighted by Crippen LogP contribution is -2.74. The fourth-order valence-electron chi connectivity index (χ4n) is 9.82. The van der Waals surface area contributed by atoms with Crippen molar-refractivity contribution in [3.05, 3.63) is 95.6 Å². The third-order valence-electron chi connectivity index (χ3n) is 13.1. The Labute approximate surface area is 356 Å². The van der Waals surface area contributed by atoms with Crippen LogP contribution in [0.1, 0.15) is 95.9 Å². The molecule has 12 heteroatoms. The van der Waals surface area contributed by atoms with Crippen molar-refractivity contribution >= 4 is 24.2 Å². The van der Waals surface area contributed by atoms with E-state index in [4.69, 9.17) is 14.2 Å². The molecule has 3 aromatic carbocycles. The maximum atomic E-state index is 15.1. The Hall–Kier alpha value is -4.62. The number of rotatable bonds is 20. The van der Waals surface area contributed by atoms with Crippen LogP contribution < -0.4 is 10.6 Å². The monoisotopic (exact) mass is 826 g/mol. The molecule has 3 N–H and O–H groups in total. The van der Waals surface area contributed by atoms with Gasteiger partial charge < -0.3 is 39.6 Å². The van der Waals surface area contributed by atoms with E-state index in [2.05, 4.69) is 39.8 Å². The van der Waals surface area contributed by atoms with Crippen LogP contribution in [-0.2, 0) is 28.6 Å². The smallest absolute Gasteiger partial charge is 0.407 e. The average molecular weight is 827 g/mol. The lowest BCUT2D eigenvalue weighted by Gasteiger charge is -2.58. The Morgan fingerprint density at radius 1 is 0.900 bits per heavy atom. The van der Waals surface area contributed by atoms with Crippen molar-refractivity contribution in [1.82, 2.24) is 20.4 Å². The van der Waals surface area contributed by atoms with Crippen LogP contribution in [0.3, 0.4) is 0 Å². The molecule has 1 aliphatic heterocycles. The topological polar surface area (TPSA) is 147 Å². The molecule has 9 atom stereocenters. The second kappa shape index (κ2) is 20.8. The molecular formula is C48H66N4O8. The normalized spacial score (nSPS) is 19.8. The van der Waals surface area contributed by atoms with Crippen LogP contribution in [-0.4, -0.2) is 110 Å². The highest BCUT2D eigenvalue weighted by Crippen LogP contribution is 2.45. The van der Waals surface area contributed by atoms with Gasteiger partial charge in [0.15, 0.2) is 0 Å². The van der Waals surface area contributed by atoms with Gasteiger partial charge in [-0.25, -0.2) is 4.79 Å². The number of fused-ring (bicyclic) bond motifs is 3. The molecule has 60 heavy (non-hydrogen) atoms. The highest BCUT2D eigenvalue weighted by molar-refractivity contribution is 5.87. The number of nitrogens with one attached hydrogen (secondary N) is 2. The SMILES string of the molecule is CC[C@H](C)[C@@]([C@@H](CC=O)OC)(N(C)C(=O)[C@@H](NC(=O)OCC1c2ccccc2-c2ccccc21)C(C)C)N1CCC[C@H]1[C@H](OC)[C@@H](C)C(=O)N[C@H](C)[C@@H](O)c1ccccc1. The Morgan fingerprint density at radius 3 is 2.05 bits per heavy atom. The molecule has 12 nitrogen and oxygen atoms in total. The number of likely N-dealkylation sites (N-methyl/N-ethyl adjacent to an activating group) is 1. The molecule has 0 saturated carbocycles. The van der Waals surface area contributed by atoms with E-state index in [0.717, 1.165) is 35.0 Å². The standard InChI is InChI=1S/C48H66N4O8/c1-10-31(4)48(41(58-8)26-28-53,52-27-18-25-40(52)44(59-9)32(5)45(55)49-33(6)43(54)34-19-12-11-13-20-34)51(7)46(56)42(30(2)3)50-47(57)60-29-39-37-23-16-14-21-35(37)36-22-15-17-24-38(36)39/h11-17,19-24,28,30-33,39-44,54H,10,18,25-27,29H2,1-9H3,(H,49,55)(H,50,57)/t31-,32+,33+,40-,41+,42-,43+,44+,48+/m0/s1. The van der Waals surface area contributed by atoms with Gasteiger partial charge in [0.1, 0.15) is 30.7 Å². The molecule has 0 bridgehead atoms. The minimum absolute atomic E-state index is 0.00356. The van der Waals surface area contributed by atoms with Crippen LogP contribution in [0.5, 0.6) is 0 Å². The number of hydrogen-bond acceptors (Lipinski definition) is 9. The van der Waals surface area contributed by atoms with E-state index in [1.165, 1.54) is 0 Å². The maximum Gasteiger partial charge on any atom is 0.407 e. The first-order valence-corrected chi connectivity index (χ1v) is 21.5. The van der Waals surface area contributed by atoms with E-state index in [1.54, 1.807) is 33.1 Å². The minimum Gasteiger partial charge on any atom is -0.449 e. The fourth-order valence-corrected chi connectivity index (χ4v) is 9.82. The van der Waals surface area contributed by atoms with Gasteiger partial charge in [-0.15, -0.1) is 0 Å². The summed E-state index contributed by atoms with van der Waals surface area (Å²) in [5, 5.41) is 17.0. The molecule has 3 amide bonds.